The number of rotatable bonds is 5. The van der Waals surface area contributed by atoms with E-state index >= 15 is 0 Å². The first-order chi connectivity index (χ1) is 13.0. The van der Waals surface area contributed by atoms with E-state index in [0.29, 0.717) is 37.7 Å². The van der Waals surface area contributed by atoms with Gasteiger partial charge in [0.15, 0.2) is 11.5 Å². The van der Waals surface area contributed by atoms with Crippen molar-refractivity contribution in [3.05, 3.63) is 42.1 Å². The van der Waals surface area contributed by atoms with Gasteiger partial charge < -0.3 is 20.4 Å². The molecule has 2 aromatic rings. The van der Waals surface area contributed by atoms with Gasteiger partial charge in [-0.05, 0) is 36.4 Å². The van der Waals surface area contributed by atoms with Crippen molar-refractivity contribution < 1.29 is 14.4 Å². The molecule has 1 fully saturated rings. The number of carbonyl (C=O) groups is 3. The van der Waals surface area contributed by atoms with Crippen LogP contribution in [0.2, 0.25) is 0 Å². The summed E-state index contributed by atoms with van der Waals surface area (Å²) in [6.45, 7) is 3.47. The standard InChI is InChI=1S/C18H20N6O3/c1-13(26)19-14-2-4-15(5-3-14)20-17-7-6-16(21-22-17)18(27)24-10-8-23(12-25)9-11-24/h2-7,12H,8-11H2,1H3,(H,19,26)(H,20,22). The number of amides is 3. The van der Waals surface area contributed by atoms with Gasteiger partial charge in [-0.25, -0.2) is 0 Å². The lowest BCUT2D eigenvalue weighted by molar-refractivity contribution is -0.119. The van der Waals surface area contributed by atoms with Gasteiger partial charge in [0.05, 0.1) is 0 Å². The summed E-state index contributed by atoms with van der Waals surface area (Å²) < 4.78 is 0. The number of hydrogen-bond donors (Lipinski definition) is 2. The highest BCUT2D eigenvalue weighted by atomic mass is 16.2. The molecular weight excluding hydrogens is 348 g/mol. The zero-order valence-electron chi connectivity index (χ0n) is 14.9. The molecular formula is C18H20N6O3. The summed E-state index contributed by atoms with van der Waals surface area (Å²) in [6, 6.07) is 10.5. The van der Waals surface area contributed by atoms with E-state index in [1.54, 1.807) is 46.2 Å². The predicted molar refractivity (Wildman–Crippen MR) is 99.6 cm³/mol. The van der Waals surface area contributed by atoms with Gasteiger partial charge in [0.25, 0.3) is 5.91 Å². The number of nitrogens with zero attached hydrogens (tertiary/aromatic N) is 4. The van der Waals surface area contributed by atoms with Crippen LogP contribution in [0.25, 0.3) is 0 Å². The first-order valence-corrected chi connectivity index (χ1v) is 8.52. The highest BCUT2D eigenvalue weighted by Crippen LogP contribution is 2.17. The van der Waals surface area contributed by atoms with Crippen molar-refractivity contribution in [2.75, 3.05) is 36.8 Å². The quantitative estimate of drug-likeness (QED) is 0.765. The van der Waals surface area contributed by atoms with Gasteiger partial charge in [-0.1, -0.05) is 0 Å². The minimum absolute atomic E-state index is 0.130. The first kappa shape index (κ1) is 18.3. The van der Waals surface area contributed by atoms with E-state index < -0.39 is 0 Å². The monoisotopic (exact) mass is 368 g/mol. The van der Waals surface area contributed by atoms with E-state index in [1.165, 1.54) is 6.92 Å². The van der Waals surface area contributed by atoms with Crippen LogP contribution < -0.4 is 10.6 Å². The molecule has 140 valence electrons. The van der Waals surface area contributed by atoms with Gasteiger partial charge in [0.1, 0.15) is 0 Å². The Labute approximate surface area is 156 Å². The Hall–Kier alpha value is -3.49. The fourth-order valence-electron chi connectivity index (χ4n) is 2.69. The normalized spacial score (nSPS) is 13.8. The average Bonchev–Trinajstić information content (AvgIpc) is 2.69. The molecule has 0 spiro atoms. The SMILES string of the molecule is CC(=O)Nc1ccc(Nc2ccc(C(=O)N3CCN(C=O)CC3)nn2)cc1. The van der Waals surface area contributed by atoms with Crippen molar-refractivity contribution in [1.29, 1.82) is 0 Å². The number of hydrogen-bond acceptors (Lipinski definition) is 6. The van der Waals surface area contributed by atoms with E-state index in [0.717, 1.165) is 12.1 Å². The van der Waals surface area contributed by atoms with Crippen LogP contribution in [-0.4, -0.2) is 64.4 Å². The van der Waals surface area contributed by atoms with Gasteiger partial charge >= 0.3 is 0 Å². The second-order valence-corrected chi connectivity index (χ2v) is 6.12. The Balaban J connectivity index is 1.59. The van der Waals surface area contributed by atoms with Crippen molar-refractivity contribution in [3.63, 3.8) is 0 Å². The highest BCUT2D eigenvalue weighted by molar-refractivity contribution is 5.92. The average molecular weight is 368 g/mol. The molecule has 2 heterocycles. The summed E-state index contributed by atoms with van der Waals surface area (Å²) in [5, 5.41) is 13.8. The number of aromatic nitrogens is 2. The summed E-state index contributed by atoms with van der Waals surface area (Å²) >= 11 is 0. The summed E-state index contributed by atoms with van der Waals surface area (Å²) in [7, 11) is 0. The largest absolute Gasteiger partial charge is 0.342 e. The molecule has 0 unspecified atom stereocenters. The van der Waals surface area contributed by atoms with Gasteiger partial charge in [0, 0.05) is 44.5 Å². The number of carbonyl (C=O) groups excluding carboxylic acids is 3. The van der Waals surface area contributed by atoms with E-state index in [9.17, 15) is 14.4 Å². The van der Waals surface area contributed by atoms with E-state index in [4.69, 9.17) is 0 Å². The maximum atomic E-state index is 12.5. The molecule has 1 aromatic carbocycles. The molecule has 2 N–H and O–H groups in total. The molecule has 1 aliphatic heterocycles. The van der Waals surface area contributed by atoms with Crippen molar-refractivity contribution >= 4 is 35.4 Å². The van der Waals surface area contributed by atoms with Crippen LogP contribution >= 0.6 is 0 Å². The number of nitrogens with one attached hydrogen (secondary N) is 2. The highest BCUT2D eigenvalue weighted by Gasteiger charge is 2.22. The van der Waals surface area contributed by atoms with Crippen molar-refractivity contribution in [2.45, 2.75) is 6.92 Å². The van der Waals surface area contributed by atoms with Gasteiger partial charge in [-0.2, -0.15) is 0 Å². The Bertz CT molecular complexity index is 814. The van der Waals surface area contributed by atoms with Crippen LogP contribution in [0.5, 0.6) is 0 Å². The van der Waals surface area contributed by atoms with Crippen LogP contribution in [0.4, 0.5) is 17.2 Å². The lowest BCUT2D eigenvalue weighted by Crippen LogP contribution is -2.48. The topological polar surface area (TPSA) is 108 Å². The van der Waals surface area contributed by atoms with Gasteiger partial charge in [0.2, 0.25) is 12.3 Å². The third-order valence-corrected chi connectivity index (χ3v) is 4.11. The number of benzene rings is 1. The molecule has 1 saturated heterocycles. The zero-order valence-corrected chi connectivity index (χ0v) is 14.9. The van der Waals surface area contributed by atoms with Crippen molar-refractivity contribution in [3.8, 4) is 0 Å². The third kappa shape index (κ3) is 4.78. The molecule has 0 aliphatic carbocycles. The molecule has 1 aliphatic rings. The summed E-state index contributed by atoms with van der Waals surface area (Å²) in [5.74, 6) is 0.179. The maximum Gasteiger partial charge on any atom is 0.274 e. The zero-order chi connectivity index (χ0) is 19.2. The molecule has 0 saturated carbocycles. The second kappa shape index (κ2) is 8.26. The van der Waals surface area contributed by atoms with Gasteiger partial charge in [-0.15, -0.1) is 10.2 Å². The van der Waals surface area contributed by atoms with Crippen molar-refractivity contribution in [1.82, 2.24) is 20.0 Å². The van der Waals surface area contributed by atoms with Crippen molar-refractivity contribution in [2.24, 2.45) is 0 Å². The fourth-order valence-corrected chi connectivity index (χ4v) is 2.69. The van der Waals surface area contributed by atoms with Crippen LogP contribution in [-0.2, 0) is 9.59 Å². The molecule has 27 heavy (non-hydrogen) atoms. The molecule has 9 heteroatoms. The third-order valence-electron chi connectivity index (χ3n) is 4.11. The van der Waals surface area contributed by atoms with Crippen LogP contribution in [0.15, 0.2) is 36.4 Å². The van der Waals surface area contributed by atoms with E-state index in [2.05, 4.69) is 20.8 Å². The van der Waals surface area contributed by atoms with Gasteiger partial charge in [-0.3, -0.25) is 14.4 Å². The Morgan fingerprint density at radius 1 is 0.963 bits per heavy atom. The van der Waals surface area contributed by atoms with Crippen LogP contribution in [0.3, 0.4) is 0 Å². The van der Waals surface area contributed by atoms with Crippen LogP contribution in [0, 0.1) is 0 Å². The van der Waals surface area contributed by atoms with Crippen LogP contribution in [0.1, 0.15) is 17.4 Å². The smallest absolute Gasteiger partial charge is 0.274 e. The molecule has 9 nitrogen and oxygen atoms in total. The molecule has 0 bridgehead atoms. The summed E-state index contributed by atoms with van der Waals surface area (Å²) in [4.78, 5) is 37.5. The lowest BCUT2D eigenvalue weighted by Gasteiger charge is -2.32. The number of piperazine rings is 1. The second-order valence-electron chi connectivity index (χ2n) is 6.12. The molecule has 3 amide bonds. The fraction of sp³-hybridized carbons (Fsp3) is 0.278. The molecule has 0 atom stereocenters. The lowest BCUT2D eigenvalue weighted by atomic mass is 10.2. The maximum absolute atomic E-state index is 12.5. The number of anilines is 3. The Morgan fingerprint density at radius 3 is 2.19 bits per heavy atom. The Kier molecular flexibility index (Phi) is 5.60. The van der Waals surface area contributed by atoms with E-state index in [1.807, 2.05) is 0 Å². The van der Waals surface area contributed by atoms with E-state index in [-0.39, 0.29) is 17.5 Å². The first-order valence-electron chi connectivity index (χ1n) is 8.52. The minimum Gasteiger partial charge on any atom is -0.342 e. The predicted octanol–water partition coefficient (Wildman–Crippen LogP) is 1.09. The molecule has 0 radical (unpaired) electrons. The summed E-state index contributed by atoms with van der Waals surface area (Å²) in [6.07, 6.45) is 0.796. The minimum atomic E-state index is -0.195. The Morgan fingerprint density at radius 2 is 1.63 bits per heavy atom. The molecule has 1 aromatic heterocycles. The summed E-state index contributed by atoms with van der Waals surface area (Å²) in [5.41, 5.74) is 1.75. The molecule has 3 rings (SSSR count).